The van der Waals surface area contributed by atoms with E-state index in [1.165, 1.54) is 0 Å². The highest BCUT2D eigenvalue weighted by molar-refractivity contribution is 5.58. The van der Waals surface area contributed by atoms with Gasteiger partial charge in [-0.05, 0) is 0 Å². The lowest BCUT2D eigenvalue weighted by molar-refractivity contribution is 0.153. The molecule has 0 unspecified atom stereocenters. The van der Waals surface area contributed by atoms with Crippen LogP contribution in [0.2, 0.25) is 0 Å². The van der Waals surface area contributed by atoms with Gasteiger partial charge in [-0.15, -0.1) is 0 Å². The molecule has 1 radical (unpaired) electrons. The third kappa shape index (κ3) is 1.47. The van der Waals surface area contributed by atoms with Crippen LogP contribution in [0.5, 0.6) is 0 Å². The van der Waals surface area contributed by atoms with Crippen molar-refractivity contribution >= 4 is 0 Å². The highest BCUT2D eigenvalue weighted by Gasteiger charge is 2.13. The van der Waals surface area contributed by atoms with E-state index in [0.717, 1.165) is 0 Å². The molecule has 0 spiro atoms. The average molecular weight is 191 g/mol. The molecule has 0 fully saturated rings. The van der Waals surface area contributed by atoms with Gasteiger partial charge in [-0.2, -0.15) is 0 Å². The predicted molar refractivity (Wildman–Crippen MR) is 47.1 cm³/mol. The zero-order valence-corrected chi connectivity index (χ0v) is 7.23. The fraction of sp³-hybridized carbons (Fsp3) is 0.100. The minimum Gasteiger partial charge on any atom is -0.393 e. The molecule has 0 saturated heterocycles. The van der Waals surface area contributed by atoms with Gasteiger partial charge in [0.05, 0.1) is 0 Å². The van der Waals surface area contributed by atoms with Crippen molar-refractivity contribution in [3.8, 4) is 11.3 Å². The summed E-state index contributed by atoms with van der Waals surface area (Å²) in [6, 6.07) is 8.90. The molecule has 2 rings (SSSR count). The summed E-state index contributed by atoms with van der Waals surface area (Å²) in [5, 5.41) is 10.6. The number of rotatable bonds is 2. The fourth-order valence-corrected chi connectivity index (χ4v) is 1.21. The Kier molecular flexibility index (Phi) is 2.20. The molecule has 1 heterocycles. The highest BCUT2D eigenvalue weighted by Crippen LogP contribution is 2.22. The molecular formula is C10H7O4. The molecule has 4 heteroatoms. The summed E-state index contributed by atoms with van der Waals surface area (Å²) in [4.78, 5) is 10.8. The van der Waals surface area contributed by atoms with Crippen molar-refractivity contribution in [3.63, 3.8) is 0 Å². The zero-order valence-electron chi connectivity index (χ0n) is 7.23. The van der Waals surface area contributed by atoms with Gasteiger partial charge in [-0.25, -0.2) is 9.90 Å². The normalized spacial score (nSPS) is 10.4. The van der Waals surface area contributed by atoms with E-state index >= 15 is 0 Å². The van der Waals surface area contributed by atoms with Gasteiger partial charge in [0.15, 0.2) is 11.5 Å². The second-order valence-corrected chi connectivity index (χ2v) is 2.72. The quantitative estimate of drug-likeness (QED) is 0.727. The van der Waals surface area contributed by atoms with E-state index < -0.39 is 12.4 Å². The van der Waals surface area contributed by atoms with Gasteiger partial charge in [0, 0.05) is 5.56 Å². The van der Waals surface area contributed by atoms with Gasteiger partial charge in [0.1, 0.15) is 6.61 Å². The van der Waals surface area contributed by atoms with Gasteiger partial charge >= 0.3 is 5.82 Å². The molecule has 14 heavy (non-hydrogen) atoms. The standard InChI is InChI=1S/C10H7O4/c11-6-8-9(14-10(12)13-8)7-4-2-1-3-5-7/h1-5H,6H2. The average Bonchev–Trinajstić information content (AvgIpc) is 2.61. The van der Waals surface area contributed by atoms with E-state index in [9.17, 15) is 9.90 Å². The molecule has 2 aromatic rings. The fourth-order valence-electron chi connectivity index (χ4n) is 1.21. The summed E-state index contributed by atoms with van der Waals surface area (Å²) >= 11 is 0. The molecule has 0 aliphatic heterocycles. The first-order chi connectivity index (χ1) is 6.81. The van der Waals surface area contributed by atoms with E-state index in [1.54, 1.807) is 24.3 Å². The molecule has 0 aliphatic rings. The van der Waals surface area contributed by atoms with Gasteiger partial charge in [-0.3, -0.25) is 0 Å². The van der Waals surface area contributed by atoms with E-state index in [-0.39, 0.29) is 11.5 Å². The lowest BCUT2D eigenvalue weighted by atomic mass is 10.1. The van der Waals surface area contributed by atoms with E-state index in [0.29, 0.717) is 5.56 Å². The summed E-state index contributed by atoms with van der Waals surface area (Å²) in [6.45, 7) is -0.601. The predicted octanol–water partition coefficient (Wildman–Crippen LogP) is 1.83. The lowest BCUT2D eigenvalue weighted by Crippen LogP contribution is -1.86. The number of hydrogen-bond acceptors (Lipinski definition) is 3. The Morgan fingerprint density at radius 1 is 1.07 bits per heavy atom. The Labute approximate surface area is 79.4 Å². The Bertz CT molecular complexity index is 466. The van der Waals surface area contributed by atoms with Crippen molar-refractivity contribution < 1.29 is 13.9 Å². The van der Waals surface area contributed by atoms with Crippen LogP contribution in [0, 0.1) is 0 Å². The number of hydrogen-bond donors (Lipinski definition) is 0. The van der Waals surface area contributed by atoms with E-state index in [2.05, 4.69) is 4.42 Å². The second-order valence-electron chi connectivity index (χ2n) is 2.72. The van der Waals surface area contributed by atoms with E-state index in [1.807, 2.05) is 6.07 Å². The third-order valence-corrected chi connectivity index (χ3v) is 1.81. The van der Waals surface area contributed by atoms with Crippen LogP contribution in [0.15, 0.2) is 44.0 Å². The van der Waals surface area contributed by atoms with Crippen LogP contribution >= 0.6 is 0 Å². The molecule has 0 bridgehead atoms. The molecule has 0 saturated carbocycles. The maximum atomic E-state index is 10.8. The summed E-state index contributed by atoms with van der Waals surface area (Å²) in [5.41, 5.74) is 0.671. The van der Waals surface area contributed by atoms with Crippen molar-refractivity contribution in [1.82, 2.24) is 0 Å². The topological polar surface area (TPSA) is 63.2 Å². The van der Waals surface area contributed by atoms with Crippen molar-refractivity contribution in [2.45, 2.75) is 6.61 Å². The molecule has 0 amide bonds. The molecule has 1 aromatic heterocycles. The van der Waals surface area contributed by atoms with Crippen molar-refractivity contribution in [2.75, 3.05) is 0 Å². The molecule has 0 aliphatic carbocycles. The van der Waals surface area contributed by atoms with Crippen molar-refractivity contribution in [3.05, 3.63) is 46.7 Å². The van der Waals surface area contributed by atoms with Crippen molar-refractivity contribution in [2.24, 2.45) is 0 Å². The smallest absolute Gasteiger partial charge is 0.393 e. The van der Waals surface area contributed by atoms with Crippen molar-refractivity contribution in [1.29, 1.82) is 0 Å². The Morgan fingerprint density at radius 2 is 1.79 bits per heavy atom. The van der Waals surface area contributed by atoms with Gasteiger partial charge in [0.25, 0.3) is 0 Å². The zero-order chi connectivity index (χ0) is 9.97. The minimum absolute atomic E-state index is 0.0428. The van der Waals surface area contributed by atoms with Crippen LogP contribution in [0.25, 0.3) is 11.3 Å². The minimum atomic E-state index is -0.838. The highest BCUT2D eigenvalue weighted by atomic mass is 16.6. The Morgan fingerprint density at radius 3 is 2.43 bits per heavy atom. The van der Waals surface area contributed by atoms with Crippen LogP contribution in [-0.4, -0.2) is 0 Å². The summed E-state index contributed by atoms with van der Waals surface area (Å²) in [6.07, 6.45) is 0. The summed E-state index contributed by atoms with van der Waals surface area (Å²) < 4.78 is 9.35. The number of benzene rings is 1. The summed E-state index contributed by atoms with van der Waals surface area (Å²) in [5.74, 6) is -0.568. The largest absolute Gasteiger partial charge is 0.519 e. The van der Waals surface area contributed by atoms with Gasteiger partial charge in [-0.1, -0.05) is 30.3 Å². The summed E-state index contributed by atoms with van der Waals surface area (Å²) in [7, 11) is 0. The maximum Gasteiger partial charge on any atom is 0.519 e. The van der Waals surface area contributed by atoms with Crippen LogP contribution in [0.1, 0.15) is 5.76 Å². The molecule has 0 atom stereocenters. The Hall–Kier alpha value is -1.81. The van der Waals surface area contributed by atoms with Crippen LogP contribution in [-0.2, 0) is 11.7 Å². The lowest BCUT2D eigenvalue weighted by Gasteiger charge is -1.94. The van der Waals surface area contributed by atoms with Crippen LogP contribution in [0.3, 0.4) is 0 Å². The third-order valence-electron chi connectivity index (χ3n) is 1.81. The molecule has 1 aromatic carbocycles. The SMILES string of the molecule is [O]Cc1oc(=O)oc1-c1ccccc1. The second kappa shape index (κ2) is 3.51. The Balaban J connectivity index is 2.56. The molecule has 0 N–H and O–H groups in total. The van der Waals surface area contributed by atoms with Crippen LogP contribution < -0.4 is 5.82 Å². The molecular weight excluding hydrogens is 184 g/mol. The first-order valence-electron chi connectivity index (χ1n) is 4.07. The molecule has 71 valence electrons. The molecule has 4 nitrogen and oxygen atoms in total. The first kappa shape index (κ1) is 8.77. The van der Waals surface area contributed by atoms with Gasteiger partial charge < -0.3 is 8.83 Å². The first-order valence-corrected chi connectivity index (χ1v) is 4.07. The van der Waals surface area contributed by atoms with E-state index in [4.69, 9.17) is 4.42 Å². The maximum absolute atomic E-state index is 10.8. The van der Waals surface area contributed by atoms with Crippen LogP contribution in [0.4, 0.5) is 0 Å². The van der Waals surface area contributed by atoms with Gasteiger partial charge in [0.2, 0.25) is 0 Å². The monoisotopic (exact) mass is 191 g/mol.